The van der Waals surface area contributed by atoms with Crippen LogP contribution in [-0.2, 0) is 29.1 Å². The quantitative estimate of drug-likeness (QED) is 0.714. The van der Waals surface area contributed by atoms with Crippen molar-refractivity contribution in [1.82, 2.24) is 15.1 Å². The Bertz CT molecular complexity index is 1060. The van der Waals surface area contributed by atoms with Crippen LogP contribution in [0.3, 0.4) is 0 Å². The largest absolute Gasteiger partial charge is 0.493 e. The molecule has 1 amide bonds. The molecule has 1 fully saturated rings. The van der Waals surface area contributed by atoms with Gasteiger partial charge in [0.05, 0.1) is 37.5 Å². The maximum Gasteiger partial charge on any atom is 0.269 e. The number of aromatic nitrogens is 2. The fraction of sp³-hybridized carbons (Fsp3) is 0.524. The van der Waals surface area contributed by atoms with E-state index in [2.05, 4.69) is 10.4 Å². The summed E-state index contributed by atoms with van der Waals surface area (Å²) < 4.78 is 36.1. The van der Waals surface area contributed by atoms with Gasteiger partial charge in [0.25, 0.3) is 5.91 Å². The number of fused-ring (bicyclic) bond motifs is 1. The van der Waals surface area contributed by atoms with E-state index in [9.17, 15) is 13.2 Å². The molecule has 2 aromatic rings. The van der Waals surface area contributed by atoms with Gasteiger partial charge in [0.15, 0.2) is 21.3 Å². The third kappa shape index (κ3) is 4.03. The number of sulfone groups is 1. The average Bonchev–Trinajstić information content (AvgIpc) is 3.41. The topological polar surface area (TPSA) is 99.5 Å². The van der Waals surface area contributed by atoms with Gasteiger partial charge in [-0.05, 0) is 49.8 Å². The Hall–Kier alpha value is -2.55. The first-order valence-electron chi connectivity index (χ1n) is 10.2. The number of rotatable bonds is 7. The molecular weight excluding hydrogens is 406 g/mol. The Morgan fingerprint density at radius 1 is 1.23 bits per heavy atom. The van der Waals surface area contributed by atoms with E-state index in [4.69, 9.17) is 9.47 Å². The van der Waals surface area contributed by atoms with Crippen LogP contribution in [0.15, 0.2) is 18.2 Å². The third-order valence-corrected chi connectivity index (χ3v) is 7.60. The molecule has 0 radical (unpaired) electrons. The molecule has 0 bridgehead atoms. The van der Waals surface area contributed by atoms with Crippen molar-refractivity contribution >= 4 is 15.7 Å². The highest BCUT2D eigenvalue weighted by Gasteiger charge is 2.35. The lowest BCUT2D eigenvalue weighted by molar-refractivity contribution is 0.0940. The van der Waals surface area contributed by atoms with Gasteiger partial charge in [-0.3, -0.25) is 9.48 Å². The molecule has 2 aliphatic rings. The summed E-state index contributed by atoms with van der Waals surface area (Å²) in [5, 5.41) is 7.62. The highest BCUT2D eigenvalue weighted by Crippen LogP contribution is 2.31. The van der Waals surface area contributed by atoms with Gasteiger partial charge in [0, 0.05) is 12.1 Å². The van der Waals surface area contributed by atoms with E-state index >= 15 is 0 Å². The van der Waals surface area contributed by atoms with E-state index < -0.39 is 9.84 Å². The summed E-state index contributed by atoms with van der Waals surface area (Å²) in [6, 6.07) is 5.43. The Morgan fingerprint density at radius 3 is 2.73 bits per heavy atom. The van der Waals surface area contributed by atoms with Gasteiger partial charge >= 0.3 is 0 Å². The van der Waals surface area contributed by atoms with Crippen LogP contribution in [0.4, 0.5) is 0 Å². The second-order valence-corrected chi connectivity index (χ2v) is 10.1. The predicted molar refractivity (Wildman–Crippen MR) is 112 cm³/mol. The maximum absolute atomic E-state index is 13.1. The van der Waals surface area contributed by atoms with Gasteiger partial charge in [-0.25, -0.2) is 8.42 Å². The second kappa shape index (κ2) is 8.29. The summed E-state index contributed by atoms with van der Waals surface area (Å²) in [5.74, 6) is 1.34. The molecule has 1 aromatic heterocycles. The molecule has 162 valence electrons. The van der Waals surface area contributed by atoms with Gasteiger partial charge < -0.3 is 14.8 Å². The van der Waals surface area contributed by atoms with Crippen LogP contribution in [0, 0.1) is 0 Å². The molecule has 0 spiro atoms. The number of hydrogen-bond acceptors (Lipinski definition) is 6. The number of carbonyl (C=O) groups excluding carboxylic acids is 1. The van der Waals surface area contributed by atoms with Gasteiger partial charge in [-0.2, -0.15) is 5.10 Å². The number of benzene rings is 1. The summed E-state index contributed by atoms with van der Waals surface area (Å²) >= 11 is 0. The zero-order valence-corrected chi connectivity index (χ0v) is 18.1. The lowest BCUT2D eigenvalue weighted by Gasteiger charge is -2.15. The van der Waals surface area contributed by atoms with Crippen molar-refractivity contribution in [2.75, 3.05) is 32.3 Å². The van der Waals surface area contributed by atoms with E-state index in [1.165, 1.54) is 0 Å². The predicted octanol–water partition coefficient (Wildman–Crippen LogP) is 1.72. The van der Waals surface area contributed by atoms with E-state index in [1.807, 2.05) is 18.2 Å². The summed E-state index contributed by atoms with van der Waals surface area (Å²) in [4.78, 5) is 13.1. The van der Waals surface area contributed by atoms with Crippen molar-refractivity contribution in [3.05, 3.63) is 40.7 Å². The minimum Gasteiger partial charge on any atom is -0.493 e. The number of nitrogens with one attached hydrogen (secondary N) is 1. The number of hydrogen-bond donors (Lipinski definition) is 1. The van der Waals surface area contributed by atoms with Gasteiger partial charge in [0.1, 0.15) is 5.69 Å². The first-order chi connectivity index (χ1) is 14.4. The van der Waals surface area contributed by atoms with Crippen LogP contribution in [0.1, 0.15) is 46.2 Å². The maximum atomic E-state index is 13.1. The Morgan fingerprint density at radius 2 is 2.03 bits per heavy atom. The van der Waals surface area contributed by atoms with Crippen LogP contribution >= 0.6 is 0 Å². The molecule has 1 aliphatic carbocycles. The lowest BCUT2D eigenvalue weighted by atomic mass is 10.1. The van der Waals surface area contributed by atoms with Crippen molar-refractivity contribution in [2.45, 2.75) is 38.1 Å². The van der Waals surface area contributed by atoms with Crippen molar-refractivity contribution in [1.29, 1.82) is 0 Å². The van der Waals surface area contributed by atoms with Crippen molar-refractivity contribution in [3.63, 3.8) is 0 Å². The molecule has 2 heterocycles. The summed E-state index contributed by atoms with van der Waals surface area (Å²) in [6.07, 6.45) is 3.78. The average molecular weight is 434 g/mol. The van der Waals surface area contributed by atoms with E-state index in [0.29, 0.717) is 36.6 Å². The fourth-order valence-electron chi connectivity index (χ4n) is 4.33. The van der Waals surface area contributed by atoms with E-state index in [1.54, 1.807) is 18.9 Å². The van der Waals surface area contributed by atoms with E-state index in [-0.39, 0.29) is 23.5 Å². The number of nitrogens with zero attached hydrogens (tertiary/aromatic N) is 2. The van der Waals surface area contributed by atoms with Crippen LogP contribution in [0.25, 0.3) is 0 Å². The molecule has 8 nitrogen and oxygen atoms in total. The molecule has 4 rings (SSSR count). The second-order valence-electron chi connectivity index (χ2n) is 7.82. The first-order valence-corrected chi connectivity index (χ1v) is 12.0. The minimum absolute atomic E-state index is 0.0550. The standard InChI is InChI=1S/C21H27N3O5S/c1-28-18-7-6-14(12-19(18)29-2)8-10-22-21(25)20-16-4-3-5-17(16)23-24(20)15-9-11-30(26,27)13-15/h6-7,12,15H,3-5,8-11,13H2,1-2H3,(H,22,25)/t15-/m1/s1. The fourth-order valence-corrected chi connectivity index (χ4v) is 6.02. The first kappa shape index (κ1) is 20.7. The number of aryl methyl sites for hydroxylation is 1. The summed E-state index contributed by atoms with van der Waals surface area (Å²) in [5.41, 5.74) is 3.47. The Labute approximate surface area is 176 Å². The number of amides is 1. The van der Waals surface area contributed by atoms with Crippen LogP contribution < -0.4 is 14.8 Å². The van der Waals surface area contributed by atoms with Crippen molar-refractivity contribution in [2.24, 2.45) is 0 Å². The molecule has 1 saturated heterocycles. The monoisotopic (exact) mass is 433 g/mol. The van der Waals surface area contributed by atoms with Crippen molar-refractivity contribution < 1.29 is 22.7 Å². The van der Waals surface area contributed by atoms with Crippen LogP contribution in [0.5, 0.6) is 11.5 Å². The van der Waals surface area contributed by atoms with Crippen LogP contribution in [0.2, 0.25) is 0 Å². The lowest BCUT2D eigenvalue weighted by Crippen LogP contribution is -2.30. The molecule has 0 unspecified atom stereocenters. The Balaban J connectivity index is 1.47. The zero-order chi connectivity index (χ0) is 21.3. The van der Waals surface area contributed by atoms with E-state index in [0.717, 1.165) is 36.1 Å². The molecule has 1 N–H and O–H groups in total. The highest BCUT2D eigenvalue weighted by atomic mass is 32.2. The molecular formula is C21H27N3O5S. The summed E-state index contributed by atoms with van der Waals surface area (Å²) in [7, 11) is 0.125. The molecule has 0 saturated carbocycles. The number of methoxy groups -OCH3 is 2. The molecule has 9 heteroatoms. The molecule has 30 heavy (non-hydrogen) atoms. The van der Waals surface area contributed by atoms with Crippen molar-refractivity contribution in [3.8, 4) is 11.5 Å². The number of carbonyl (C=O) groups is 1. The summed E-state index contributed by atoms with van der Waals surface area (Å²) in [6.45, 7) is 0.456. The molecule has 1 atom stereocenters. The smallest absolute Gasteiger partial charge is 0.269 e. The minimum atomic E-state index is -3.06. The normalized spacial score (nSPS) is 19.5. The third-order valence-electron chi connectivity index (χ3n) is 5.85. The highest BCUT2D eigenvalue weighted by molar-refractivity contribution is 7.91. The SMILES string of the molecule is COc1ccc(CCNC(=O)c2c3c(nn2[C@@H]2CCS(=O)(=O)C2)CCC3)cc1OC. The van der Waals surface area contributed by atoms with Gasteiger partial charge in [-0.1, -0.05) is 6.07 Å². The van der Waals surface area contributed by atoms with Gasteiger partial charge in [0.2, 0.25) is 0 Å². The molecule has 1 aromatic carbocycles. The zero-order valence-electron chi connectivity index (χ0n) is 17.3. The number of ether oxygens (including phenoxy) is 2. The molecule has 1 aliphatic heterocycles. The Kier molecular flexibility index (Phi) is 5.73. The van der Waals surface area contributed by atoms with Crippen LogP contribution in [-0.4, -0.2) is 56.4 Å². The van der Waals surface area contributed by atoms with Gasteiger partial charge in [-0.15, -0.1) is 0 Å².